The average Bonchev–Trinajstić information content (AvgIpc) is 2.74. The van der Waals surface area contributed by atoms with Gasteiger partial charge in [-0.05, 0) is 23.9 Å². The van der Waals surface area contributed by atoms with Crippen molar-refractivity contribution in [2.24, 2.45) is 0 Å². The second-order valence-corrected chi connectivity index (χ2v) is 4.41. The number of hydrogen-bond acceptors (Lipinski definition) is 2. The van der Waals surface area contributed by atoms with Gasteiger partial charge in [-0.1, -0.05) is 0 Å². The summed E-state index contributed by atoms with van der Waals surface area (Å²) in [7, 11) is 0. The van der Waals surface area contributed by atoms with Crippen molar-refractivity contribution in [1.82, 2.24) is 9.97 Å². The third-order valence-electron chi connectivity index (χ3n) is 2.07. The summed E-state index contributed by atoms with van der Waals surface area (Å²) in [5, 5.41) is 2.09. The molecule has 74 valence electrons. The third-order valence-corrected chi connectivity index (χ3v) is 3.31. The van der Waals surface area contributed by atoms with Gasteiger partial charge in [0.25, 0.3) is 0 Å². The number of nitrogens with one attached hydrogen (secondary N) is 1. The van der Waals surface area contributed by atoms with Gasteiger partial charge >= 0.3 is 0 Å². The maximum Gasteiger partial charge on any atom is 0.107 e. The number of thiophene rings is 1. The fourth-order valence-corrected chi connectivity index (χ4v) is 2.41. The monoisotopic (exact) mass is 226 g/mol. The molecule has 4 heteroatoms. The van der Waals surface area contributed by atoms with Crippen molar-refractivity contribution >= 4 is 22.9 Å². The number of aromatic amines is 1. The van der Waals surface area contributed by atoms with E-state index >= 15 is 0 Å². The lowest BCUT2D eigenvalue weighted by Gasteiger charge is -1.94. The van der Waals surface area contributed by atoms with Gasteiger partial charge in [-0.2, -0.15) is 0 Å². The zero-order valence-corrected chi connectivity index (χ0v) is 9.45. The molecule has 2 aromatic rings. The number of alkyl halides is 1. The first-order chi connectivity index (χ1) is 6.81. The van der Waals surface area contributed by atoms with Crippen LogP contribution in [0, 0.1) is 6.92 Å². The molecule has 0 saturated carbocycles. The SMILES string of the molecule is Cc1ccsc1-c1cnc(CCCl)[nH]1. The second kappa shape index (κ2) is 4.15. The minimum atomic E-state index is 0.608. The van der Waals surface area contributed by atoms with Crippen molar-refractivity contribution < 1.29 is 0 Å². The molecule has 2 aromatic heterocycles. The molecule has 0 aromatic carbocycles. The standard InChI is InChI=1S/C10H11ClN2S/c1-7-3-5-14-10(7)8-6-12-9(13-8)2-4-11/h3,5-6H,2,4H2,1H3,(H,12,13). The van der Waals surface area contributed by atoms with Gasteiger partial charge in [0.15, 0.2) is 0 Å². The molecule has 2 heterocycles. The van der Waals surface area contributed by atoms with E-state index in [0.29, 0.717) is 5.88 Å². The molecule has 0 aliphatic carbocycles. The molecular formula is C10H11ClN2S. The molecule has 1 N–H and O–H groups in total. The van der Waals surface area contributed by atoms with Gasteiger partial charge in [0.05, 0.1) is 16.8 Å². The van der Waals surface area contributed by atoms with Crippen LogP contribution in [0.3, 0.4) is 0 Å². The molecule has 0 aliphatic heterocycles. The van der Waals surface area contributed by atoms with Gasteiger partial charge in [-0.15, -0.1) is 22.9 Å². The van der Waals surface area contributed by atoms with E-state index < -0.39 is 0 Å². The Kier molecular flexibility index (Phi) is 2.89. The highest BCUT2D eigenvalue weighted by molar-refractivity contribution is 7.13. The van der Waals surface area contributed by atoms with Gasteiger partial charge in [-0.3, -0.25) is 0 Å². The molecule has 2 rings (SSSR count). The maximum absolute atomic E-state index is 5.64. The van der Waals surface area contributed by atoms with Crippen LogP contribution in [0.15, 0.2) is 17.6 Å². The Morgan fingerprint density at radius 2 is 2.43 bits per heavy atom. The zero-order valence-electron chi connectivity index (χ0n) is 7.88. The number of aromatic nitrogens is 2. The van der Waals surface area contributed by atoms with E-state index in [2.05, 4.69) is 28.3 Å². The summed E-state index contributed by atoms with van der Waals surface area (Å²) in [5.41, 5.74) is 2.38. The lowest BCUT2D eigenvalue weighted by atomic mass is 10.2. The van der Waals surface area contributed by atoms with Crippen molar-refractivity contribution in [3.63, 3.8) is 0 Å². The number of hydrogen-bond donors (Lipinski definition) is 1. The number of aryl methyl sites for hydroxylation is 2. The summed E-state index contributed by atoms with van der Waals surface area (Å²) in [5.74, 6) is 1.57. The van der Waals surface area contributed by atoms with Gasteiger partial charge in [0, 0.05) is 12.3 Å². The van der Waals surface area contributed by atoms with Crippen LogP contribution in [0.1, 0.15) is 11.4 Å². The zero-order chi connectivity index (χ0) is 9.97. The smallest absolute Gasteiger partial charge is 0.107 e. The first-order valence-corrected chi connectivity index (χ1v) is 5.87. The molecule has 0 radical (unpaired) electrons. The Hall–Kier alpha value is -0.800. The maximum atomic E-state index is 5.64. The predicted octanol–water partition coefficient (Wildman–Crippen LogP) is 3.23. The molecule has 14 heavy (non-hydrogen) atoms. The largest absolute Gasteiger partial charge is 0.341 e. The van der Waals surface area contributed by atoms with Crippen molar-refractivity contribution in [2.75, 3.05) is 5.88 Å². The Balaban J connectivity index is 2.29. The highest BCUT2D eigenvalue weighted by atomic mass is 35.5. The van der Waals surface area contributed by atoms with Crippen LogP contribution < -0.4 is 0 Å². The highest BCUT2D eigenvalue weighted by Gasteiger charge is 2.06. The quantitative estimate of drug-likeness (QED) is 0.800. The number of H-pyrrole nitrogens is 1. The van der Waals surface area contributed by atoms with Gasteiger partial charge < -0.3 is 4.98 Å². The molecular weight excluding hydrogens is 216 g/mol. The summed E-state index contributed by atoms with van der Waals surface area (Å²) in [4.78, 5) is 8.80. The summed E-state index contributed by atoms with van der Waals surface area (Å²) in [6.07, 6.45) is 2.67. The van der Waals surface area contributed by atoms with Crippen LogP contribution in [-0.4, -0.2) is 15.8 Å². The van der Waals surface area contributed by atoms with Gasteiger partial charge in [0.1, 0.15) is 5.82 Å². The van der Waals surface area contributed by atoms with Gasteiger partial charge in [-0.25, -0.2) is 4.98 Å². The summed E-state index contributed by atoms with van der Waals surface area (Å²) < 4.78 is 0. The van der Waals surface area contributed by atoms with E-state index in [9.17, 15) is 0 Å². The first kappa shape index (κ1) is 9.74. The molecule has 0 fully saturated rings. The van der Waals surface area contributed by atoms with E-state index in [0.717, 1.165) is 17.9 Å². The molecule has 0 unspecified atom stereocenters. The van der Waals surface area contributed by atoms with Crippen LogP contribution in [0.2, 0.25) is 0 Å². The molecule has 0 aliphatic rings. The number of imidazole rings is 1. The summed E-state index contributed by atoms with van der Waals surface area (Å²) in [6, 6.07) is 2.11. The average molecular weight is 227 g/mol. The predicted molar refractivity (Wildman–Crippen MR) is 61.1 cm³/mol. The van der Waals surface area contributed by atoms with Crippen LogP contribution in [-0.2, 0) is 6.42 Å². The van der Waals surface area contributed by atoms with Crippen molar-refractivity contribution in [1.29, 1.82) is 0 Å². The fraction of sp³-hybridized carbons (Fsp3) is 0.300. The topological polar surface area (TPSA) is 28.7 Å². The lowest BCUT2D eigenvalue weighted by Crippen LogP contribution is -1.88. The number of rotatable bonds is 3. The minimum Gasteiger partial charge on any atom is -0.341 e. The molecule has 0 saturated heterocycles. The molecule has 0 bridgehead atoms. The van der Waals surface area contributed by atoms with Crippen LogP contribution >= 0.6 is 22.9 Å². The first-order valence-electron chi connectivity index (χ1n) is 4.45. The van der Waals surface area contributed by atoms with Crippen LogP contribution in [0.25, 0.3) is 10.6 Å². The highest BCUT2D eigenvalue weighted by Crippen LogP contribution is 2.27. The van der Waals surface area contributed by atoms with Crippen molar-refractivity contribution in [3.8, 4) is 10.6 Å². The normalized spacial score (nSPS) is 10.7. The lowest BCUT2D eigenvalue weighted by molar-refractivity contribution is 0.997. The Morgan fingerprint density at radius 1 is 1.57 bits per heavy atom. The van der Waals surface area contributed by atoms with E-state index in [1.54, 1.807) is 11.3 Å². The Morgan fingerprint density at radius 3 is 3.07 bits per heavy atom. The molecule has 0 spiro atoms. The summed E-state index contributed by atoms with van der Waals surface area (Å²) in [6.45, 7) is 2.11. The van der Waals surface area contributed by atoms with Gasteiger partial charge in [0.2, 0.25) is 0 Å². The fourth-order valence-electron chi connectivity index (χ4n) is 1.34. The van der Waals surface area contributed by atoms with Crippen LogP contribution in [0.5, 0.6) is 0 Å². The minimum absolute atomic E-state index is 0.608. The molecule has 0 atom stereocenters. The summed E-state index contributed by atoms with van der Waals surface area (Å²) >= 11 is 7.37. The number of halogens is 1. The Labute approximate surface area is 92.0 Å². The van der Waals surface area contributed by atoms with E-state index in [1.807, 2.05) is 6.20 Å². The second-order valence-electron chi connectivity index (χ2n) is 3.12. The van der Waals surface area contributed by atoms with Crippen molar-refractivity contribution in [3.05, 3.63) is 29.0 Å². The Bertz CT molecular complexity index is 419. The van der Waals surface area contributed by atoms with E-state index in [4.69, 9.17) is 11.6 Å². The van der Waals surface area contributed by atoms with Crippen LogP contribution in [0.4, 0.5) is 0 Å². The number of nitrogens with zero attached hydrogens (tertiary/aromatic N) is 1. The van der Waals surface area contributed by atoms with E-state index in [-0.39, 0.29) is 0 Å². The van der Waals surface area contributed by atoms with E-state index in [1.165, 1.54) is 10.4 Å². The molecule has 0 amide bonds. The molecule has 2 nitrogen and oxygen atoms in total. The van der Waals surface area contributed by atoms with Crippen molar-refractivity contribution in [2.45, 2.75) is 13.3 Å². The third kappa shape index (κ3) is 1.83.